The van der Waals surface area contributed by atoms with Crippen LogP contribution >= 0.6 is 0 Å². The molecule has 0 aliphatic heterocycles. The average molecular weight is 286 g/mol. The molecule has 0 spiro atoms. The molecule has 6 nitrogen and oxygen atoms in total. The van der Waals surface area contributed by atoms with Crippen LogP contribution in [0.3, 0.4) is 0 Å². The first-order chi connectivity index (χ1) is 8.97. The maximum absolute atomic E-state index is 12.5. The average Bonchev–Trinajstić information content (AvgIpc) is 2.29. The molecule has 5 N–H and O–H groups in total. The molecule has 0 radical (unpaired) electrons. The Kier molecular flexibility index (Phi) is 7.16. The predicted molar refractivity (Wildman–Crippen MR) is 81.8 cm³/mol. The maximum Gasteiger partial charge on any atom is 0.212 e. The number of nitrogens with two attached hydrogens (primary N) is 1. The molecule has 0 heterocycles. The van der Waals surface area contributed by atoms with Crippen molar-refractivity contribution in [3.63, 3.8) is 0 Å². The minimum absolute atomic E-state index is 0.00696. The number of hydrogen-bond acceptors (Lipinski definition) is 4. The van der Waals surface area contributed by atoms with Crippen LogP contribution in [0, 0.1) is 5.41 Å². The molecule has 0 aromatic heterocycles. The number of guanidine groups is 1. The molecular formula is C14H30N4O2. The molecule has 20 heavy (non-hydrogen) atoms. The van der Waals surface area contributed by atoms with Crippen molar-refractivity contribution in [2.75, 3.05) is 6.54 Å². The highest BCUT2D eigenvalue weighted by molar-refractivity contribution is 5.88. The van der Waals surface area contributed by atoms with Crippen LogP contribution in [0.2, 0.25) is 0 Å². The molecule has 0 aromatic carbocycles. The summed E-state index contributed by atoms with van der Waals surface area (Å²) in [6.07, 6.45) is 1.41. The van der Waals surface area contributed by atoms with E-state index in [-0.39, 0.29) is 28.7 Å². The van der Waals surface area contributed by atoms with Gasteiger partial charge in [0.15, 0.2) is 5.78 Å². The van der Waals surface area contributed by atoms with Gasteiger partial charge in [0.25, 0.3) is 0 Å². The molecule has 1 atom stereocenters. The van der Waals surface area contributed by atoms with E-state index >= 15 is 0 Å². The number of nitrogens with zero attached hydrogens (tertiary/aromatic N) is 1. The first kappa shape index (κ1) is 18.9. The Hall–Kier alpha value is -1.14. The molecule has 1 unspecified atom stereocenters. The quantitative estimate of drug-likeness (QED) is 0.256. The van der Waals surface area contributed by atoms with E-state index in [0.717, 1.165) is 6.42 Å². The minimum Gasteiger partial charge on any atom is -0.368 e. The monoisotopic (exact) mass is 286 g/mol. The maximum atomic E-state index is 12.5. The van der Waals surface area contributed by atoms with E-state index in [9.17, 15) is 4.79 Å². The molecule has 0 saturated heterocycles. The fraction of sp³-hybridized carbons (Fsp3) is 0.857. The first-order valence-corrected chi connectivity index (χ1v) is 6.99. The van der Waals surface area contributed by atoms with Crippen LogP contribution < -0.4 is 16.5 Å². The Bertz CT molecular complexity index is 340. The number of ketones is 1. The minimum atomic E-state index is -0.377. The Morgan fingerprint density at radius 1 is 1.25 bits per heavy atom. The van der Waals surface area contributed by atoms with Gasteiger partial charge in [-0.15, -0.1) is 0 Å². The summed E-state index contributed by atoms with van der Waals surface area (Å²) in [7, 11) is 0. The van der Waals surface area contributed by atoms with Gasteiger partial charge in [-0.2, -0.15) is 0 Å². The highest BCUT2D eigenvalue weighted by Gasteiger charge is 2.31. The summed E-state index contributed by atoms with van der Waals surface area (Å²) in [6, 6.07) is -0.200. The lowest BCUT2D eigenvalue weighted by Crippen LogP contribution is -2.50. The summed E-state index contributed by atoms with van der Waals surface area (Å²) in [5.41, 5.74) is 6.61. The standard InChI is InChI=1S/C14H30N4O2/c1-13(2,3)11(19)10(17-14(4,5)6)8-7-9-16-12(15)18-20/h10,17,20H,7-9H2,1-6H3,(H3,15,16,18). The van der Waals surface area contributed by atoms with Crippen molar-refractivity contribution in [2.24, 2.45) is 16.1 Å². The van der Waals surface area contributed by atoms with Crippen LogP contribution in [0.4, 0.5) is 0 Å². The number of rotatable bonds is 6. The highest BCUT2D eigenvalue weighted by atomic mass is 16.5. The van der Waals surface area contributed by atoms with Crippen molar-refractivity contribution in [3.05, 3.63) is 0 Å². The normalized spacial score (nSPS) is 15.1. The molecule has 6 heteroatoms. The number of nitrogens with one attached hydrogen (secondary N) is 2. The number of hydroxylamine groups is 1. The zero-order chi connectivity index (χ0) is 16.0. The van der Waals surface area contributed by atoms with Gasteiger partial charge in [0.05, 0.1) is 6.04 Å². The summed E-state index contributed by atoms with van der Waals surface area (Å²) in [6.45, 7) is 12.4. The molecule has 0 aliphatic carbocycles. The molecule has 0 bridgehead atoms. The Morgan fingerprint density at radius 2 is 1.80 bits per heavy atom. The lowest BCUT2D eigenvalue weighted by molar-refractivity contribution is -0.129. The lowest BCUT2D eigenvalue weighted by atomic mass is 9.84. The van der Waals surface area contributed by atoms with E-state index in [1.807, 2.05) is 41.5 Å². The van der Waals surface area contributed by atoms with E-state index in [1.165, 1.54) is 0 Å². The summed E-state index contributed by atoms with van der Waals surface area (Å²) >= 11 is 0. The second-order valence-electron chi connectivity index (χ2n) is 7.08. The van der Waals surface area contributed by atoms with Gasteiger partial charge in [-0.25, -0.2) is 5.48 Å². The SMILES string of the molecule is CC(C)(C)NC(CCCN=C(N)NO)C(=O)C(C)(C)C. The van der Waals surface area contributed by atoms with Crippen molar-refractivity contribution in [1.29, 1.82) is 0 Å². The zero-order valence-electron chi connectivity index (χ0n) is 13.6. The van der Waals surface area contributed by atoms with E-state index in [1.54, 1.807) is 5.48 Å². The summed E-state index contributed by atoms with van der Waals surface area (Å²) in [5, 5.41) is 11.9. The van der Waals surface area contributed by atoms with Crippen molar-refractivity contribution >= 4 is 11.7 Å². The second-order valence-corrected chi connectivity index (χ2v) is 7.08. The van der Waals surface area contributed by atoms with E-state index in [0.29, 0.717) is 13.0 Å². The fourth-order valence-electron chi connectivity index (χ4n) is 1.84. The van der Waals surface area contributed by atoms with Gasteiger partial charge in [0.1, 0.15) is 0 Å². The largest absolute Gasteiger partial charge is 0.368 e. The van der Waals surface area contributed by atoms with Crippen molar-refractivity contribution < 1.29 is 10.0 Å². The predicted octanol–water partition coefficient (Wildman–Crippen LogP) is 1.43. The van der Waals surface area contributed by atoms with Crippen LogP contribution in [0.1, 0.15) is 54.4 Å². The van der Waals surface area contributed by atoms with Crippen LogP contribution in [0.15, 0.2) is 4.99 Å². The van der Waals surface area contributed by atoms with Gasteiger partial charge in [-0.3, -0.25) is 15.0 Å². The summed E-state index contributed by atoms with van der Waals surface area (Å²) in [4.78, 5) is 16.4. The number of hydrogen-bond donors (Lipinski definition) is 4. The number of Topliss-reactive ketones (excluding diaryl/α,β-unsaturated/α-hetero) is 1. The van der Waals surface area contributed by atoms with Crippen LogP contribution in [0.5, 0.6) is 0 Å². The number of carbonyl (C=O) groups is 1. The number of carbonyl (C=O) groups excluding carboxylic acids is 1. The van der Waals surface area contributed by atoms with Gasteiger partial charge < -0.3 is 11.1 Å². The summed E-state index contributed by atoms with van der Waals surface area (Å²) < 4.78 is 0. The van der Waals surface area contributed by atoms with Gasteiger partial charge >= 0.3 is 0 Å². The summed E-state index contributed by atoms with van der Waals surface area (Å²) in [5.74, 6) is 0.192. The van der Waals surface area contributed by atoms with Gasteiger partial charge in [0.2, 0.25) is 5.96 Å². The fourth-order valence-corrected chi connectivity index (χ4v) is 1.84. The Labute approximate surface area is 122 Å². The molecule has 0 fully saturated rings. The van der Waals surface area contributed by atoms with Crippen molar-refractivity contribution in [3.8, 4) is 0 Å². The lowest BCUT2D eigenvalue weighted by Gasteiger charge is -2.31. The van der Waals surface area contributed by atoms with E-state index < -0.39 is 0 Å². The van der Waals surface area contributed by atoms with Crippen LogP contribution in [-0.4, -0.2) is 35.1 Å². The third kappa shape index (κ3) is 8.12. The van der Waals surface area contributed by atoms with Crippen molar-refractivity contribution in [2.45, 2.75) is 66.0 Å². The smallest absolute Gasteiger partial charge is 0.212 e. The van der Waals surface area contributed by atoms with E-state index in [2.05, 4.69) is 10.3 Å². The topological polar surface area (TPSA) is 99.7 Å². The third-order valence-corrected chi connectivity index (χ3v) is 2.71. The molecule has 0 saturated carbocycles. The Morgan fingerprint density at radius 3 is 2.20 bits per heavy atom. The first-order valence-electron chi connectivity index (χ1n) is 6.99. The van der Waals surface area contributed by atoms with Gasteiger partial charge in [-0.05, 0) is 33.6 Å². The molecule has 0 rings (SSSR count). The van der Waals surface area contributed by atoms with Crippen LogP contribution in [-0.2, 0) is 4.79 Å². The molecule has 118 valence electrons. The Balaban J connectivity index is 4.60. The van der Waals surface area contributed by atoms with E-state index in [4.69, 9.17) is 10.9 Å². The van der Waals surface area contributed by atoms with Gasteiger partial charge in [-0.1, -0.05) is 20.8 Å². The third-order valence-electron chi connectivity index (χ3n) is 2.71. The van der Waals surface area contributed by atoms with Crippen molar-refractivity contribution in [1.82, 2.24) is 10.8 Å². The molecule has 0 amide bonds. The number of aliphatic imine (C=N–C) groups is 1. The van der Waals surface area contributed by atoms with Crippen LogP contribution in [0.25, 0.3) is 0 Å². The second kappa shape index (κ2) is 7.59. The molecule has 0 aromatic rings. The highest BCUT2D eigenvalue weighted by Crippen LogP contribution is 2.20. The molecular weight excluding hydrogens is 256 g/mol. The molecule has 0 aliphatic rings. The zero-order valence-corrected chi connectivity index (χ0v) is 13.6. The van der Waals surface area contributed by atoms with Gasteiger partial charge in [0, 0.05) is 17.5 Å².